The molecule has 3 rings (SSSR count). The number of amides is 1. The molecule has 2 heterocycles. The normalized spacial score (nSPS) is 23.2. The lowest BCUT2D eigenvalue weighted by molar-refractivity contribution is 0.0937. The molecule has 8 heteroatoms. The first-order chi connectivity index (χ1) is 14.7. The van der Waals surface area contributed by atoms with Crippen LogP contribution < -0.4 is 10.2 Å². The number of nitrogens with zero attached hydrogens (tertiary/aromatic N) is 3. The number of benzene rings is 1. The van der Waals surface area contributed by atoms with Gasteiger partial charge in [0, 0.05) is 59.1 Å². The van der Waals surface area contributed by atoms with Crippen molar-refractivity contribution >= 4 is 21.6 Å². The first-order valence-electron chi connectivity index (χ1n) is 11.5. The van der Waals surface area contributed by atoms with E-state index in [-0.39, 0.29) is 10.8 Å². The lowest BCUT2D eigenvalue weighted by atomic mass is 9.92. The average Bonchev–Trinajstić information content (AvgIpc) is 2.73. The molecule has 174 valence electrons. The summed E-state index contributed by atoms with van der Waals surface area (Å²) in [5, 5.41) is 3.05. The Labute approximate surface area is 187 Å². The fourth-order valence-corrected chi connectivity index (χ4v) is 5.80. The minimum Gasteiger partial charge on any atom is -0.371 e. The highest BCUT2D eigenvalue weighted by molar-refractivity contribution is 7.89. The van der Waals surface area contributed by atoms with Crippen molar-refractivity contribution in [2.75, 3.05) is 58.3 Å². The number of carbonyl (C=O) groups is 1. The van der Waals surface area contributed by atoms with Crippen LogP contribution in [0.2, 0.25) is 0 Å². The number of anilines is 1. The highest BCUT2D eigenvalue weighted by Gasteiger charge is 2.25. The number of carbonyl (C=O) groups excluding carboxylic acids is 1. The van der Waals surface area contributed by atoms with Crippen LogP contribution in [0.3, 0.4) is 0 Å². The Hall–Kier alpha value is -1.64. The van der Waals surface area contributed by atoms with Gasteiger partial charge in [-0.2, -0.15) is 0 Å². The van der Waals surface area contributed by atoms with Crippen LogP contribution in [-0.2, 0) is 10.0 Å². The molecule has 2 atom stereocenters. The molecule has 2 unspecified atom stereocenters. The number of likely N-dealkylation sites (tertiary alicyclic amines) is 1. The van der Waals surface area contributed by atoms with Crippen LogP contribution in [0.15, 0.2) is 23.1 Å². The van der Waals surface area contributed by atoms with Crippen LogP contribution in [-0.4, -0.2) is 76.9 Å². The number of hydrogen-bond acceptors (Lipinski definition) is 5. The molecule has 31 heavy (non-hydrogen) atoms. The summed E-state index contributed by atoms with van der Waals surface area (Å²) < 4.78 is 26.5. The third-order valence-electron chi connectivity index (χ3n) is 6.35. The van der Waals surface area contributed by atoms with E-state index in [0.717, 1.165) is 51.3 Å². The van der Waals surface area contributed by atoms with Gasteiger partial charge in [0.2, 0.25) is 10.0 Å². The average molecular weight is 451 g/mol. The number of sulfonamides is 1. The Balaban J connectivity index is 1.76. The lowest BCUT2D eigenvalue weighted by Gasteiger charge is -2.35. The molecule has 0 aliphatic carbocycles. The van der Waals surface area contributed by atoms with E-state index in [2.05, 4.69) is 29.0 Å². The molecule has 2 fully saturated rings. The van der Waals surface area contributed by atoms with Crippen LogP contribution in [0.25, 0.3) is 0 Å². The summed E-state index contributed by atoms with van der Waals surface area (Å²) in [5.74, 6) is 1.16. The predicted octanol–water partition coefficient (Wildman–Crippen LogP) is 2.63. The molecule has 2 aliphatic heterocycles. The lowest BCUT2D eigenvalue weighted by Crippen LogP contribution is -2.43. The van der Waals surface area contributed by atoms with Crippen LogP contribution in [0.4, 0.5) is 5.69 Å². The van der Waals surface area contributed by atoms with Gasteiger partial charge in [-0.3, -0.25) is 4.79 Å². The molecular formula is C23H38N4O3S. The molecule has 1 amide bonds. The summed E-state index contributed by atoms with van der Waals surface area (Å²) in [6, 6.07) is 4.96. The van der Waals surface area contributed by atoms with E-state index in [1.807, 2.05) is 0 Å². The van der Waals surface area contributed by atoms with Gasteiger partial charge in [-0.05, 0) is 55.7 Å². The number of nitrogens with one attached hydrogen (secondary N) is 1. The fraction of sp³-hybridized carbons (Fsp3) is 0.696. The highest BCUT2D eigenvalue weighted by atomic mass is 32.2. The van der Waals surface area contributed by atoms with E-state index in [0.29, 0.717) is 23.9 Å². The third-order valence-corrected chi connectivity index (χ3v) is 8.16. The smallest absolute Gasteiger partial charge is 0.253 e. The Morgan fingerprint density at radius 1 is 1.10 bits per heavy atom. The van der Waals surface area contributed by atoms with E-state index in [9.17, 15) is 13.2 Å². The molecule has 1 aromatic rings. The van der Waals surface area contributed by atoms with Crippen molar-refractivity contribution < 1.29 is 13.2 Å². The highest BCUT2D eigenvalue weighted by Crippen LogP contribution is 2.28. The molecule has 0 bridgehead atoms. The molecule has 0 saturated carbocycles. The summed E-state index contributed by atoms with van der Waals surface area (Å²) in [7, 11) is -0.587. The van der Waals surface area contributed by atoms with Crippen molar-refractivity contribution in [3.8, 4) is 0 Å². The zero-order valence-corrected chi connectivity index (χ0v) is 20.2. The Morgan fingerprint density at radius 3 is 2.35 bits per heavy atom. The Morgan fingerprint density at radius 2 is 1.74 bits per heavy atom. The maximum absolute atomic E-state index is 13.2. The molecule has 0 aromatic heterocycles. The van der Waals surface area contributed by atoms with Gasteiger partial charge in [0.25, 0.3) is 5.91 Å². The predicted molar refractivity (Wildman–Crippen MR) is 125 cm³/mol. The summed E-state index contributed by atoms with van der Waals surface area (Å²) in [4.78, 5) is 17.9. The van der Waals surface area contributed by atoms with Crippen molar-refractivity contribution in [1.82, 2.24) is 14.5 Å². The van der Waals surface area contributed by atoms with Gasteiger partial charge in [-0.25, -0.2) is 12.7 Å². The topological polar surface area (TPSA) is 73.0 Å². The quantitative estimate of drug-likeness (QED) is 0.691. The molecule has 1 aromatic carbocycles. The van der Waals surface area contributed by atoms with E-state index < -0.39 is 10.0 Å². The zero-order valence-electron chi connectivity index (χ0n) is 19.4. The minimum absolute atomic E-state index is 0.155. The Bertz CT molecular complexity index is 856. The summed E-state index contributed by atoms with van der Waals surface area (Å²) in [6.45, 7) is 9.85. The second-order valence-corrected chi connectivity index (χ2v) is 11.6. The molecule has 0 radical (unpaired) electrons. The second kappa shape index (κ2) is 10.3. The van der Waals surface area contributed by atoms with Gasteiger partial charge in [-0.1, -0.05) is 13.8 Å². The van der Waals surface area contributed by atoms with Crippen LogP contribution >= 0.6 is 0 Å². The molecule has 0 spiro atoms. The fourth-order valence-electron chi connectivity index (χ4n) is 4.88. The second-order valence-electron chi connectivity index (χ2n) is 9.48. The number of hydrogen-bond donors (Lipinski definition) is 1. The zero-order chi connectivity index (χ0) is 22.6. The van der Waals surface area contributed by atoms with Gasteiger partial charge in [0.1, 0.15) is 0 Å². The minimum atomic E-state index is -3.60. The van der Waals surface area contributed by atoms with E-state index >= 15 is 0 Å². The van der Waals surface area contributed by atoms with Crippen molar-refractivity contribution in [1.29, 1.82) is 0 Å². The van der Waals surface area contributed by atoms with Gasteiger partial charge in [0.15, 0.2) is 0 Å². The van der Waals surface area contributed by atoms with Crippen molar-refractivity contribution in [3.63, 3.8) is 0 Å². The molecule has 7 nitrogen and oxygen atoms in total. The molecule has 2 saturated heterocycles. The van der Waals surface area contributed by atoms with Crippen molar-refractivity contribution in [2.24, 2.45) is 11.8 Å². The third kappa shape index (κ3) is 5.99. The molecule has 2 aliphatic rings. The summed E-state index contributed by atoms with van der Waals surface area (Å²) in [5.41, 5.74) is 1.28. The standard InChI is InChI=1S/C23H38N4O3S/c1-18-14-19(2)17-26(16-18)13-10-24-23(28)21-15-20(31(29,30)25(3)4)8-9-22(21)27-11-6-5-7-12-27/h8-9,15,18-19H,5-7,10-14,16-17H2,1-4H3,(H,24,28). The van der Waals surface area contributed by atoms with Crippen molar-refractivity contribution in [3.05, 3.63) is 23.8 Å². The SMILES string of the molecule is CC1CC(C)CN(CCNC(=O)c2cc(S(=O)(=O)N(C)C)ccc2N2CCCCC2)C1. The first-order valence-corrected chi connectivity index (χ1v) is 12.9. The largest absolute Gasteiger partial charge is 0.371 e. The van der Waals surface area contributed by atoms with Gasteiger partial charge in [0.05, 0.1) is 10.5 Å². The van der Waals surface area contributed by atoms with E-state index in [1.54, 1.807) is 18.2 Å². The Kier molecular flexibility index (Phi) is 7.99. The molecular weight excluding hydrogens is 412 g/mol. The van der Waals surface area contributed by atoms with Gasteiger partial charge < -0.3 is 15.1 Å². The van der Waals surface area contributed by atoms with Crippen LogP contribution in [0.5, 0.6) is 0 Å². The van der Waals surface area contributed by atoms with Gasteiger partial charge >= 0.3 is 0 Å². The maximum atomic E-state index is 13.2. The number of piperidine rings is 2. The summed E-state index contributed by atoms with van der Waals surface area (Å²) >= 11 is 0. The summed E-state index contributed by atoms with van der Waals surface area (Å²) in [6.07, 6.45) is 4.63. The van der Waals surface area contributed by atoms with E-state index in [4.69, 9.17) is 0 Å². The first kappa shape index (κ1) is 24.0. The molecule has 1 N–H and O–H groups in total. The monoisotopic (exact) mass is 450 g/mol. The van der Waals surface area contributed by atoms with E-state index in [1.165, 1.54) is 31.2 Å². The van der Waals surface area contributed by atoms with Crippen LogP contribution in [0, 0.1) is 11.8 Å². The van der Waals surface area contributed by atoms with Crippen molar-refractivity contribution in [2.45, 2.75) is 44.4 Å². The maximum Gasteiger partial charge on any atom is 0.253 e. The van der Waals surface area contributed by atoms with Gasteiger partial charge in [-0.15, -0.1) is 0 Å². The van der Waals surface area contributed by atoms with Crippen LogP contribution in [0.1, 0.15) is 49.9 Å². The number of rotatable bonds is 7.